The van der Waals surface area contributed by atoms with Gasteiger partial charge in [0.2, 0.25) is 35.0 Å². The van der Waals surface area contributed by atoms with Gasteiger partial charge in [-0.3, -0.25) is 47.6 Å². The third kappa shape index (κ3) is 16.8. The van der Waals surface area contributed by atoms with E-state index in [1.165, 1.54) is 71.7 Å². The average Bonchev–Trinajstić information content (AvgIpc) is 1.67. The summed E-state index contributed by atoms with van der Waals surface area (Å²) in [4.78, 5) is 160. The second-order valence-electron chi connectivity index (χ2n) is 29.5. The molecule has 0 saturated carbocycles. The third-order valence-electron chi connectivity index (χ3n) is 20.9. The summed E-state index contributed by atoms with van der Waals surface area (Å²) >= 11 is 6.65. The molecule has 8 amide bonds. The van der Waals surface area contributed by atoms with Crippen molar-refractivity contribution in [1.82, 2.24) is 87.5 Å². The Bertz CT molecular complexity index is 6120. The Morgan fingerprint density at radius 2 is 1.14 bits per heavy atom. The minimum atomic E-state index is -0.728. The Labute approximate surface area is 673 Å². The summed E-state index contributed by atoms with van der Waals surface area (Å²) in [6.07, 6.45) is 11.9. The molecule has 0 bridgehead atoms. The number of alkyl halides is 1. The molecule has 1 unspecified atom stereocenters. The predicted molar refractivity (Wildman–Crippen MR) is 445 cm³/mol. The number of hydrogen-bond donors (Lipinski definition) is 11. The van der Waals surface area contributed by atoms with Crippen molar-refractivity contribution >= 4 is 154 Å². The maximum absolute atomic E-state index is 14.6. The van der Waals surface area contributed by atoms with E-state index in [4.69, 9.17) is 11.6 Å². The number of nitrogens with zero attached hydrogens (tertiary/aromatic N) is 16. The molecule has 1 fully saturated rings. The maximum atomic E-state index is 14.6. The number of phenolic OH excluding ortho intramolecular Hbond substituents is 1. The van der Waals surface area contributed by atoms with Crippen LogP contribution in [-0.2, 0) is 40.0 Å². The van der Waals surface area contributed by atoms with E-state index in [-0.39, 0.29) is 105 Å². The molecular formula is C80H87ClN26O10. The number of hydrogen-bond acceptors (Lipinski definition) is 21. The van der Waals surface area contributed by atoms with E-state index in [9.17, 15) is 48.3 Å². The smallest absolute Gasteiger partial charge is 0.292 e. The van der Waals surface area contributed by atoms with Crippen molar-refractivity contribution in [2.45, 2.75) is 31.6 Å². The Hall–Kier alpha value is -13.4. The zero-order valence-electron chi connectivity index (χ0n) is 65.3. The minimum absolute atomic E-state index is 0.0111. The van der Waals surface area contributed by atoms with Crippen molar-refractivity contribution < 1.29 is 43.5 Å². The molecule has 604 valence electrons. The number of phenols is 1. The summed E-state index contributed by atoms with van der Waals surface area (Å²) in [6, 6.07) is 24.6. The molecule has 5 aromatic carbocycles. The Kier molecular flexibility index (Phi) is 22.6. The first-order chi connectivity index (χ1) is 56.4. The number of amides is 8. The molecule has 2 aliphatic heterocycles. The summed E-state index contributed by atoms with van der Waals surface area (Å²) in [7, 11) is 11.8. The van der Waals surface area contributed by atoms with Gasteiger partial charge >= 0.3 is 0 Å². The van der Waals surface area contributed by atoms with Crippen LogP contribution in [0.1, 0.15) is 111 Å². The highest BCUT2D eigenvalue weighted by Gasteiger charge is 2.37. The minimum Gasteiger partial charge on any atom is -0.507 e. The van der Waals surface area contributed by atoms with Crippen LogP contribution < -0.4 is 58.2 Å². The highest BCUT2D eigenvalue weighted by Crippen LogP contribution is 2.46. The second kappa shape index (κ2) is 33.6. The summed E-state index contributed by atoms with van der Waals surface area (Å²) in [5.41, 5.74) is 5.79. The number of H-pyrrole nitrogens is 1. The number of rotatable bonds is 30. The Morgan fingerprint density at radius 3 is 1.74 bits per heavy atom. The van der Waals surface area contributed by atoms with Gasteiger partial charge in [0.05, 0.1) is 27.6 Å². The van der Waals surface area contributed by atoms with Gasteiger partial charge in [-0.25, -0.2) is 29.9 Å². The topological polar surface area (TPSA) is 417 Å². The average molecular weight is 1610 g/mol. The molecule has 10 heterocycles. The molecule has 8 aromatic heterocycles. The molecule has 0 radical (unpaired) electrons. The molecule has 13 aromatic rings. The van der Waals surface area contributed by atoms with Crippen LogP contribution >= 0.6 is 11.6 Å². The van der Waals surface area contributed by atoms with E-state index in [1.54, 1.807) is 77.1 Å². The standard InChI is InChI=1S/C80H87ClN26O10/c1-98(2)26-11-24-84-75(112)69-90-61(41-99(69)3)95-78(115)72-92-63(43-102(72)6)97-79(116)73-93-62(42-103(73)7)96-77(114)71-91-60(40-101(71)5)94-74(111)45-15-17-49-51(34-45)65-47(37-81)38-106(57(65)36-58(49)108)80(117)55-35-46-33-48(16-18-52(46)87-55)86-76(113)70-89-59(39-100(70)4)88-64(109)21-25-82-22-10-27-104-29-31-105(32-30-104)28-12-23-83-53-19-20-54-67-66(53)68(110)50-13-8-9-14-56(50)107(67)44-85-54/h8-9,13-20,33-36,39-44,47,82-83,87,108H,10-12,21-32,37-38H2,1-7H3,(H,84,112)(H,86,113)(H,88,109)(H,94,111)(H,95,115)(H,96,114)(H,97,116). The molecule has 36 nitrogen and oxygen atoms in total. The summed E-state index contributed by atoms with van der Waals surface area (Å²) in [5, 5.41) is 40.4. The van der Waals surface area contributed by atoms with E-state index < -0.39 is 47.3 Å². The van der Waals surface area contributed by atoms with Crippen LogP contribution in [0.5, 0.6) is 5.75 Å². The fourth-order valence-corrected chi connectivity index (χ4v) is 15.3. The lowest BCUT2D eigenvalue weighted by Gasteiger charge is -2.34. The van der Waals surface area contributed by atoms with Crippen LogP contribution in [0.2, 0.25) is 0 Å². The number of piperazine rings is 1. The largest absolute Gasteiger partial charge is 0.507 e. The molecule has 117 heavy (non-hydrogen) atoms. The van der Waals surface area contributed by atoms with Gasteiger partial charge < -0.3 is 100 Å². The van der Waals surface area contributed by atoms with Crippen molar-refractivity contribution in [3.8, 4) is 5.75 Å². The Morgan fingerprint density at radius 1 is 0.573 bits per heavy atom. The van der Waals surface area contributed by atoms with Crippen molar-refractivity contribution in [2.75, 3.05) is 141 Å². The molecule has 0 spiro atoms. The van der Waals surface area contributed by atoms with Gasteiger partial charge in [-0.15, -0.1) is 11.6 Å². The third-order valence-corrected chi connectivity index (χ3v) is 21.2. The lowest BCUT2D eigenvalue weighted by molar-refractivity contribution is -0.116. The van der Waals surface area contributed by atoms with E-state index in [1.807, 2.05) is 59.8 Å². The zero-order chi connectivity index (χ0) is 82.0. The second-order valence-corrected chi connectivity index (χ2v) is 29.8. The summed E-state index contributed by atoms with van der Waals surface area (Å²) < 4.78 is 9.18. The van der Waals surface area contributed by atoms with Gasteiger partial charge in [0, 0.05) is 181 Å². The molecule has 2 aliphatic rings. The number of aryl methyl sites for hydroxylation is 5. The van der Waals surface area contributed by atoms with E-state index in [0.29, 0.717) is 62.5 Å². The van der Waals surface area contributed by atoms with Gasteiger partial charge in [0.25, 0.3) is 41.4 Å². The number of anilines is 8. The van der Waals surface area contributed by atoms with Gasteiger partial charge in [-0.05, 0) is 137 Å². The number of nitrogens with one attached hydrogen (secondary N) is 10. The molecule has 37 heteroatoms. The van der Waals surface area contributed by atoms with Gasteiger partial charge in [-0.2, -0.15) is 0 Å². The number of para-hydroxylation sites is 1. The van der Waals surface area contributed by atoms with Gasteiger partial charge in [0.15, 0.2) is 34.5 Å². The number of aromatic amines is 1. The molecule has 15 rings (SSSR count). The lowest BCUT2D eigenvalue weighted by atomic mass is 9.94. The number of carbonyl (C=O) groups excluding carboxylic acids is 8. The maximum Gasteiger partial charge on any atom is 0.292 e. The highest BCUT2D eigenvalue weighted by molar-refractivity contribution is 6.20. The lowest BCUT2D eigenvalue weighted by Crippen LogP contribution is -2.47. The first-order valence-corrected chi connectivity index (χ1v) is 38.7. The SMILES string of the molecule is CN(C)CCCNC(=O)c1nc(NC(=O)c2nc(NC(=O)c3nc(NC(=O)c4nc(NC(=O)c5ccc6c(O)cc7c(c6c5)C(CCl)CN7C(=O)c5cc6cc(NC(=O)c7nc(NC(=O)CCNCCCN8CCN(CCCNc9ccc%10ncn%11c%12ccccc%12c(=O)c9c%10%11)CC8)cn7C)ccc6[nH]5)cn4C)cn3C)cn2C)cn1C. The van der Waals surface area contributed by atoms with Crippen LogP contribution in [0.3, 0.4) is 0 Å². The van der Waals surface area contributed by atoms with Gasteiger partial charge in [-0.1, -0.05) is 12.1 Å². The van der Waals surface area contributed by atoms with Gasteiger partial charge in [0.1, 0.15) is 17.8 Å². The molecule has 11 N–H and O–H groups in total. The van der Waals surface area contributed by atoms with Crippen molar-refractivity contribution in [2.24, 2.45) is 35.2 Å². The number of imidazole rings is 6. The van der Waals surface area contributed by atoms with E-state index in [2.05, 4.69) is 92.5 Å². The number of fused-ring (bicyclic) bond motifs is 6. The summed E-state index contributed by atoms with van der Waals surface area (Å²) in [5.74, 6) is -4.61. The first-order valence-electron chi connectivity index (χ1n) is 38.2. The molecule has 1 saturated heterocycles. The fourth-order valence-electron chi connectivity index (χ4n) is 15.1. The van der Waals surface area contributed by atoms with Crippen LogP contribution in [0.4, 0.5) is 46.2 Å². The van der Waals surface area contributed by atoms with Crippen LogP contribution in [-0.4, -0.2) is 228 Å². The number of halogens is 1. The predicted octanol–water partition coefficient (Wildman–Crippen LogP) is 6.80. The number of aromatic hydroxyl groups is 1. The number of aromatic nitrogens is 13. The number of pyridine rings is 1. The fraction of sp³-hybridized carbons (Fsp3) is 0.312. The molecule has 1 atom stereocenters. The number of benzene rings is 5. The quantitative estimate of drug-likeness (QED) is 0.0125. The van der Waals surface area contributed by atoms with E-state index >= 15 is 0 Å². The van der Waals surface area contributed by atoms with E-state index in [0.717, 1.165) is 100 Å². The normalized spacial score (nSPS) is 13.8. The van der Waals surface area contributed by atoms with Crippen molar-refractivity contribution in [3.05, 3.63) is 178 Å². The first kappa shape index (κ1) is 78.8. The summed E-state index contributed by atoms with van der Waals surface area (Å²) in [6.45, 7) is 9.19. The monoisotopic (exact) mass is 1610 g/mol. The van der Waals surface area contributed by atoms with Crippen LogP contribution in [0.15, 0.2) is 127 Å². The molecule has 0 aliphatic carbocycles. The number of carbonyl (C=O) groups is 8. The Balaban J connectivity index is 0.497. The highest BCUT2D eigenvalue weighted by atomic mass is 35.5. The van der Waals surface area contributed by atoms with Crippen LogP contribution in [0.25, 0.3) is 49.0 Å². The molecular weight excluding hydrogens is 1520 g/mol. The van der Waals surface area contributed by atoms with Crippen molar-refractivity contribution in [1.29, 1.82) is 0 Å². The van der Waals surface area contributed by atoms with Crippen molar-refractivity contribution in [3.63, 3.8) is 0 Å². The zero-order valence-corrected chi connectivity index (χ0v) is 66.1. The van der Waals surface area contributed by atoms with Crippen LogP contribution in [0, 0.1) is 0 Å².